The fourth-order valence-electron chi connectivity index (χ4n) is 1.84. The molecule has 1 atom stereocenters. The van der Waals surface area contributed by atoms with Crippen LogP contribution in [0.3, 0.4) is 0 Å². The van der Waals surface area contributed by atoms with Crippen molar-refractivity contribution in [3.8, 4) is 0 Å². The molecule has 0 saturated carbocycles. The van der Waals surface area contributed by atoms with Gasteiger partial charge in [0.25, 0.3) is 0 Å². The SMILES string of the molecule is Fc1cc([C@H]2COCCN2)c(Cl)c(C(F)(F)F)c1. The van der Waals surface area contributed by atoms with Crippen molar-refractivity contribution in [2.45, 2.75) is 12.2 Å². The van der Waals surface area contributed by atoms with Crippen LogP contribution in [0.2, 0.25) is 5.02 Å². The number of rotatable bonds is 1. The van der Waals surface area contributed by atoms with Crippen LogP contribution in [0.15, 0.2) is 12.1 Å². The maximum atomic E-state index is 13.3. The third-order valence-corrected chi connectivity index (χ3v) is 3.09. The first kappa shape index (κ1) is 13.6. The number of benzene rings is 1. The molecule has 2 nitrogen and oxygen atoms in total. The second-order valence-corrected chi connectivity index (χ2v) is 4.31. The molecule has 0 spiro atoms. The molecule has 1 aliphatic heterocycles. The highest BCUT2D eigenvalue weighted by Crippen LogP contribution is 2.39. The van der Waals surface area contributed by atoms with E-state index < -0.39 is 28.6 Å². The van der Waals surface area contributed by atoms with Crippen LogP contribution in [0.25, 0.3) is 0 Å². The molecule has 0 aliphatic carbocycles. The summed E-state index contributed by atoms with van der Waals surface area (Å²) in [6, 6.07) is 0.877. The Morgan fingerprint density at radius 3 is 2.61 bits per heavy atom. The molecule has 0 amide bonds. The average Bonchev–Trinajstić information content (AvgIpc) is 2.31. The van der Waals surface area contributed by atoms with Crippen LogP contribution < -0.4 is 5.32 Å². The number of nitrogens with one attached hydrogen (secondary N) is 1. The number of morpholine rings is 1. The van der Waals surface area contributed by atoms with Gasteiger partial charge in [0.1, 0.15) is 5.82 Å². The van der Waals surface area contributed by atoms with E-state index in [0.29, 0.717) is 19.2 Å². The number of ether oxygens (including phenoxy) is 1. The standard InChI is InChI=1S/C11H10ClF4NO/c12-10-7(9-5-18-2-1-17-9)3-6(13)4-8(10)11(14,15)16/h3-4,9,17H,1-2,5H2/t9-/m1/s1. The van der Waals surface area contributed by atoms with E-state index in [4.69, 9.17) is 16.3 Å². The van der Waals surface area contributed by atoms with Gasteiger partial charge in [-0.3, -0.25) is 0 Å². The summed E-state index contributed by atoms with van der Waals surface area (Å²) in [6.45, 7) is 1.12. The van der Waals surface area contributed by atoms with E-state index in [0.717, 1.165) is 6.07 Å². The van der Waals surface area contributed by atoms with Crippen LogP contribution in [0.1, 0.15) is 17.2 Å². The predicted octanol–water partition coefficient (Wildman–Crippen LogP) is 3.16. The van der Waals surface area contributed by atoms with Crippen molar-refractivity contribution in [1.29, 1.82) is 0 Å². The quantitative estimate of drug-likeness (QED) is 0.800. The fraction of sp³-hybridized carbons (Fsp3) is 0.455. The minimum absolute atomic E-state index is 0.0729. The summed E-state index contributed by atoms with van der Waals surface area (Å²) < 4.78 is 56.4. The van der Waals surface area contributed by atoms with Crippen molar-refractivity contribution in [2.75, 3.05) is 19.8 Å². The molecule has 1 heterocycles. The highest BCUT2D eigenvalue weighted by molar-refractivity contribution is 6.32. The molecular formula is C11H10ClF4NO. The average molecular weight is 284 g/mol. The zero-order valence-electron chi connectivity index (χ0n) is 9.15. The molecule has 1 fully saturated rings. The first-order valence-electron chi connectivity index (χ1n) is 5.27. The Kier molecular flexibility index (Phi) is 3.79. The van der Waals surface area contributed by atoms with Crippen molar-refractivity contribution in [3.63, 3.8) is 0 Å². The van der Waals surface area contributed by atoms with E-state index in [-0.39, 0.29) is 12.2 Å². The van der Waals surface area contributed by atoms with Gasteiger partial charge in [0.05, 0.1) is 29.8 Å². The summed E-state index contributed by atoms with van der Waals surface area (Å²) in [5, 5.41) is 2.46. The molecule has 1 saturated heterocycles. The zero-order valence-corrected chi connectivity index (χ0v) is 9.91. The van der Waals surface area contributed by atoms with Gasteiger partial charge in [-0.2, -0.15) is 13.2 Å². The summed E-state index contributed by atoms with van der Waals surface area (Å²) in [5.41, 5.74) is -1.09. The largest absolute Gasteiger partial charge is 0.417 e. The van der Waals surface area contributed by atoms with E-state index in [1.807, 2.05) is 0 Å². The predicted molar refractivity (Wildman–Crippen MR) is 58.0 cm³/mol. The first-order valence-corrected chi connectivity index (χ1v) is 5.64. The van der Waals surface area contributed by atoms with Gasteiger partial charge in [0.2, 0.25) is 0 Å². The van der Waals surface area contributed by atoms with Gasteiger partial charge in [0.15, 0.2) is 0 Å². The van der Waals surface area contributed by atoms with Crippen molar-refractivity contribution < 1.29 is 22.3 Å². The van der Waals surface area contributed by atoms with Crippen molar-refractivity contribution >= 4 is 11.6 Å². The van der Waals surface area contributed by atoms with Gasteiger partial charge in [0, 0.05) is 6.54 Å². The molecule has 1 aliphatic rings. The highest BCUT2D eigenvalue weighted by atomic mass is 35.5. The van der Waals surface area contributed by atoms with Crippen LogP contribution in [-0.2, 0) is 10.9 Å². The van der Waals surface area contributed by atoms with Crippen molar-refractivity contribution in [2.24, 2.45) is 0 Å². The molecule has 1 aromatic rings. The lowest BCUT2D eigenvalue weighted by Crippen LogP contribution is -2.35. The Morgan fingerprint density at radius 2 is 2.06 bits per heavy atom. The van der Waals surface area contributed by atoms with E-state index in [1.54, 1.807) is 0 Å². The zero-order chi connectivity index (χ0) is 13.3. The number of hydrogen-bond donors (Lipinski definition) is 1. The monoisotopic (exact) mass is 283 g/mol. The number of hydrogen-bond acceptors (Lipinski definition) is 2. The van der Waals surface area contributed by atoms with Gasteiger partial charge in [-0.15, -0.1) is 0 Å². The Bertz CT molecular complexity index is 443. The molecule has 0 aromatic heterocycles. The van der Waals surface area contributed by atoms with Crippen LogP contribution in [0, 0.1) is 5.82 Å². The summed E-state index contributed by atoms with van der Waals surface area (Å²) in [5.74, 6) is -0.964. The molecule has 0 radical (unpaired) electrons. The molecule has 1 aromatic carbocycles. The Labute approximate surface area is 106 Å². The lowest BCUT2D eigenvalue weighted by Gasteiger charge is -2.26. The van der Waals surface area contributed by atoms with E-state index in [1.165, 1.54) is 0 Å². The van der Waals surface area contributed by atoms with Gasteiger partial charge < -0.3 is 10.1 Å². The molecule has 7 heteroatoms. The van der Waals surface area contributed by atoms with Crippen LogP contribution >= 0.6 is 11.6 Å². The van der Waals surface area contributed by atoms with E-state index >= 15 is 0 Å². The normalized spacial score (nSPS) is 21.1. The van der Waals surface area contributed by atoms with Gasteiger partial charge in [-0.25, -0.2) is 4.39 Å². The molecule has 100 valence electrons. The summed E-state index contributed by atoms with van der Waals surface area (Å²) in [6.07, 6.45) is -4.68. The lowest BCUT2D eigenvalue weighted by molar-refractivity contribution is -0.137. The first-order chi connectivity index (χ1) is 8.39. The Hall–Kier alpha value is -0.850. The van der Waals surface area contributed by atoms with Crippen molar-refractivity contribution in [3.05, 3.63) is 34.1 Å². The maximum Gasteiger partial charge on any atom is 0.417 e. The Balaban J connectivity index is 2.44. The van der Waals surface area contributed by atoms with E-state index in [2.05, 4.69) is 5.32 Å². The second-order valence-electron chi connectivity index (χ2n) is 3.94. The topological polar surface area (TPSA) is 21.3 Å². The fourth-order valence-corrected chi connectivity index (χ4v) is 2.18. The third-order valence-electron chi connectivity index (χ3n) is 2.67. The van der Waals surface area contributed by atoms with Crippen LogP contribution in [0.4, 0.5) is 17.6 Å². The molecular weight excluding hydrogens is 274 g/mol. The van der Waals surface area contributed by atoms with Gasteiger partial charge in [-0.05, 0) is 17.7 Å². The van der Waals surface area contributed by atoms with Gasteiger partial charge in [-0.1, -0.05) is 11.6 Å². The lowest BCUT2D eigenvalue weighted by atomic mass is 10.0. The molecule has 0 unspecified atom stereocenters. The number of alkyl halides is 3. The maximum absolute atomic E-state index is 13.3. The molecule has 0 bridgehead atoms. The minimum Gasteiger partial charge on any atom is -0.378 e. The number of halogens is 5. The third kappa shape index (κ3) is 2.76. The molecule has 18 heavy (non-hydrogen) atoms. The van der Waals surface area contributed by atoms with Crippen LogP contribution in [0.5, 0.6) is 0 Å². The minimum atomic E-state index is -4.68. The second kappa shape index (κ2) is 5.03. The van der Waals surface area contributed by atoms with E-state index in [9.17, 15) is 17.6 Å². The summed E-state index contributed by atoms with van der Waals surface area (Å²) >= 11 is 5.72. The summed E-state index contributed by atoms with van der Waals surface area (Å²) in [4.78, 5) is 0. The van der Waals surface area contributed by atoms with Crippen molar-refractivity contribution in [1.82, 2.24) is 5.32 Å². The Morgan fingerprint density at radius 1 is 1.33 bits per heavy atom. The van der Waals surface area contributed by atoms with Gasteiger partial charge >= 0.3 is 6.18 Å². The smallest absolute Gasteiger partial charge is 0.378 e. The highest BCUT2D eigenvalue weighted by Gasteiger charge is 2.36. The molecule has 2 rings (SSSR count). The summed E-state index contributed by atoms with van der Waals surface area (Å²) in [7, 11) is 0. The molecule has 1 N–H and O–H groups in total. The van der Waals surface area contributed by atoms with Crippen LogP contribution in [-0.4, -0.2) is 19.8 Å².